The minimum atomic E-state index is -0.580. The molecule has 2 aromatic carbocycles. The van der Waals surface area contributed by atoms with Crippen LogP contribution in [0.5, 0.6) is 0 Å². The van der Waals surface area contributed by atoms with Gasteiger partial charge in [-0.25, -0.2) is 4.39 Å². The first-order valence-corrected chi connectivity index (χ1v) is 8.70. The number of hydrogen-bond acceptors (Lipinski definition) is 3. The van der Waals surface area contributed by atoms with Gasteiger partial charge in [0, 0.05) is 33.1 Å². The molecule has 1 N–H and O–H groups in total. The van der Waals surface area contributed by atoms with Crippen molar-refractivity contribution in [3.05, 3.63) is 58.9 Å². The van der Waals surface area contributed by atoms with Gasteiger partial charge in [0.05, 0.1) is 22.0 Å². The van der Waals surface area contributed by atoms with E-state index in [4.69, 9.17) is 11.6 Å². The number of carbonyl (C=O) groups excluding carboxylic acids is 2. The van der Waals surface area contributed by atoms with Crippen LogP contribution in [0.1, 0.15) is 17.3 Å². The lowest BCUT2D eigenvalue weighted by Gasteiger charge is -2.37. The predicted molar refractivity (Wildman–Crippen MR) is 100 cm³/mol. The van der Waals surface area contributed by atoms with Gasteiger partial charge in [0.15, 0.2) is 0 Å². The molecule has 0 aliphatic carbocycles. The molecule has 0 spiro atoms. The second-order valence-corrected chi connectivity index (χ2v) is 6.47. The van der Waals surface area contributed by atoms with Crippen LogP contribution < -0.4 is 10.2 Å². The van der Waals surface area contributed by atoms with E-state index in [1.54, 1.807) is 36.1 Å². The Kier molecular flexibility index (Phi) is 5.42. The maximum atomic E-state index is 13.9. The van der Waals surface area contributed by atoms with Gasteiger partial charge in [0.1, 0.15) is 5.82 Å². The normalized spacial score (nSPS) is 14.3. The van der Waals surface area contributed by atoms with E-state index in [2.05, 4.69) is 5.32 Å². The second kappa shape index (κ2) is 7.74. The molecule has 2 amide bonds. The van der Waals surface area contributed by atoms with Crippen molar-refractivity contribution in [2.24, 2.45) is 0 Å². The van der Waals surface area contributed by atoms with Crippen LogP contribution in [0.25, 0.3) is 0 Å². The first kappa shape index (κ1) is 18.2. The molecule has 1 heterocycles. The van der Waals surface area contributed by atoms with Gasteiger partial charge >= 0.3 is 0 Å². The van der Waals surface area contributed by atoms with Crippen molar-refractivity contribution in [2.45, 2.75) is 6.92 Å². The molecule has 3 rings (SSSR count). The number of nitrogens with zero attached hydrogens (tertiary/aromatic N) is 2. The third-order valence-electron chi connectivity index (χ3n) is 4.39. The maximum Gasteiger partial charge on any atom is 0.258 e. The van der Waals surface area contributed by atoms with Crippen LogP contribution in [0.2, 0.25) is 5.02 Å². The Hall–Kier alpha value is -2.60. The number of benzene rings is 2. The molecule has 0 atom stereocenters. The Morgan fingerprint density at radius 1 is 1.04 bits per heavy atom. The summed E-state index contributed by atoms with van der Waals surface area (Å²) < 4.78 is 13.9. The maximum absolute atomic E-state index is 13.9. The van der Waals surface area contributed by atoms with Crippen molar-refractivity contribution < 1.29 is 14.0 Å². The smallest absolute Gasteiger partial charge is 0.258 e. The molecule has 7 heteroatoms. The molecule has 136 valence electrons. The molecule has 0 unspecified atom stereocenters. The molecule has 1 aliphatic heterocycles. The first-order valence-electron chi connectivity index (χ1n) is 8.32. The lowest BCUT2D eigenvalue weighted by molar-refractivity contribution is -0.129. The van der Waals surface area contributed by atoms with Crippen LogP contribution in [0.15, 0.2) is 42.5 Å². The molecule has 2 aromatic rings. The number of anilines is 2. The Morgan fingerprint density at radius 3 is 2.38 bits per heavy atom. The van der Waals surface area contributed by atoms with Gasteiger partial charge in [-0.2, -0.15) is 0 Å². The fourth-order valence-electron chi connectivity index (χ4n) is 3.02. The van der Waals surface area contributed by atoms with Crippen molar-refractivity contribution in [1.29, 1.82) is 0 Å². The SMILES string of the molecule is CC(=O)N1CCN(c2c(Cl)cccc2NC(=O)c2ccccc2F)CC1. The minimum absolute atomic E-state index is 0.0279. The van der Waals surface area contributed by atoms with E-state index in [1.807, 2.05) is 4.90 Å². The third-order valence-corrected chi connectivity index (χ3v) is 4.70. The summed E-state index contributed by atoms with van der Waals surface area (Å²) in [5.41, 5.74) is 1.17. The van der Waals surface area contributed by atoms with E-state index in [9.17, 15) is 14.0 Å². The summed E-state index contributed by atoms with van der Waals surface area (Å²) >= 11 is 6.37. The molecule has 5 nitrogen and oxygen atoms in total. The molecule has 1 saturated heterocycles. The minimum Gasteiger partial charge on any atom is -0.365 e. The Balaban J connectivity index is 1.83. The van der Waals surface area contributed by atoms with Crippen molar-refractivity contribution in [3.63, 3.8) is 0 Å². The summed E-state index contributed by atoms with van der Waals surface area (Å²) in [6.07, 6.45) is 0. The zero-order valence-corrected chi connectivity index (χ0v) is 15.1. The van der Waals surface area contributed by atoms with Crippen molar-refractivity contribution in [3.8, 4) is 0 Å². The number of para-hydroxylation sites is 1. The molecule has 0 aromatic heterocycles. The van der Waals surface area contributed by atoms with Crippen LogP contribution in [0.4, 0.5) is 15.8 Å². The van der Waals surface area contributed by atoms with Gasteiger partial charge < -0.3 is 15.1 Å². The average molecular weight is 376 g/mol. The van der Waals surface area contributed by atoms with Gasteiger partial charge in [0.25, 0.3) is 5.91 Å². The summed E-state index contributed by atoms with van der Waals surface area (Å²) in [7, 11) is 0. The summed E-state index contributed by atoms with van der Waals surface area (Å²) in [6, 6.07) is 11.0. The third kappa shape index (κ3) is 3.80. The van der Waals surface area contributed by atoms with E-state index in [-0.39, 0.29) is 11.5 Å². The number of rotatable bonds is 3. The second-order valence-electron chi connectivity index (χ2n) is 6.06. The lowest BCUT2D eigenvalue weighted by Crippen LogP contribution is -2.48. The fourth-order valence-corrected chi connectivity index (χ4v) is 3.31. The molecule has 0 bridgehead atoms. The van der Waals surface area contributed by atoms with E-state index in [0.717, 1.165) is 0 Å². The Labute approximate surface area is 156 Å². The van der Waals surface area contributed by atoms with E-state index in [1.165, 1.54) is 18.2 Å². The molecular weight excluding hydrogens is 357 g/mol. The van der Waals surface area contributed by atoms with E-state index in [0.29, 0.717) is 42.6 Å². The molecule has 0 radical (unpaired) electrons. The Bertz CT molecular complexity index is 835. The standard InChI is InChI=1S/C19H19ClFN3O2/c1-13(25)23-9-11-24(12-10-23)18-15(20)6-4-8-17(18)22-19(26)14-5-2-3-7-16(14)21/h2-8H,9-12H2,1H3,(H,22,26). The molecule has 26 heavy (non-hydrogen) atoms. The zero-order valence-electron chi connectivity index (χ0n) is 14.3. The first-order chi connectivity index (χ1) is 12.5. The molecule has 1 aliphatic rings. The van der Waals surface area contributed by atoms with Crippen LogP contribution in [0, 0.1) is 5.82 Å². The van der Waals surface area contributed by atoms with E-state index >= 15 is 0 Å². The Morgan fingerprint density at radius 2 is 1.73 bits per heavy atom. The van der Waals surface area contributed by atoms with Gasteiger partial charge in [-0.05, 0) is 24.3 Å². The zero-order chi connectivity index (χ0) is 18.7. The van der Waals surface area contributed by atoms with Crippen LogP contribution >= 0.6 is 11.6 Å². The molecule has 1 fully saturated rings. The molecule has 0 saturated carbocycles. The highest BCUT2D eigenvalue weighted by Gasteiger charge is 2.23. The summed E-state index contributed by atoms with van der Waals surface area (Å²) in [6.45, 7) is 3.92. The number of halogens is 2. The van der Waals surface area contributed by atoms with Crippen molar-refractivity contribution in [2.75, 3.05) is 36.4 Å². The van der Waals surface area contributed by atoms with E-state index < -0.39 is 11.7 Å². The summed E-state index contributed by atoms with van der Waals surface area (Å²) in [4.78, 5) is 27.8. The predicted octanol–water partition coefficient (Wildman–Crippen LogP) is 3.40. The molecular formula is C19H19ClFN3O2. The quantitative estimate of drug-likeness (QED) is 0.894. The number of hydrogen-bond donors (Lipinski definition) is 1. The van der Waals surface area contributed by atoms with Gasteiger partial charge in [-0.3, -0.25) is 9.59 Å². The number of amides is 2. The van der Waals surface area contributed by atoms with Gasteiger partial charge in [-0.1, -0.05) is 29.8 Å². The highest BCUT2D eigenvalue weighted by molar-refractivity contribution is 6.34. The number of piperazine rings is 1. The van der Waals surface area contributed by atoms with Gasteiger partial charge in [0.2, 0.25) is 5.91 Å². The lowest BCUT2D eigenvalue weighted by atomic mass is 10.1. The highest BCUT2D eigenvalue weighted by Crippen LogP contribution is 2.35. The summed E-state index contributed by atoms with van der Waals surface area (Å²) in [5.74, 6) is -1.07. The van der Waals surface area contributed by atoms with Crippen LogP contribution in [-0.2, 0) is 4.79 Å². The van der Waals surface area contributed by atoms with Crippen molar-refractivity contribution in [1.82, 2.24) is 4.90 Å². The highest BCUT2D eigenvalue weighted by atomic mass is 35.5. The van der Waals surface area contributed by atoms with Crippen LogP contribution in [-0.4, -0.2) is 42.9 Å². The van der Waals surface area contributed by atoms with Crippen molar-refractivity contribution >= 4 is 34.8 Å². The largest absolute Gasteiger partial charge is 0.365 e. The number of carbonyl (C=O) groups is 2. The van der Waals surface area contributed by atoms with Crippen LogP contribution in [0.3, 0.4) is 0 Å². The van der Waals surface area contributed by atoms with Gasteiger partial charge in [-0.15, -0.1) is 0 Å². The average Bonchev–Trinajstić information content (AvgIpc) is 2.62. The number of nitrogens with one attached hydrogen (secondary N) is 1. The topological polar surface area (TPSA) is 52.7 Å². The fraction of sp³-hybridized carbons (Fsp3) is 0.263. The monoisotopic (exact) mass is 375 g/mol. The summed E-state index contributed by atoms with van der Waals surface area (Å²) in [5, 5.41) is 3.25.